The third-order valence-corrected chi connectivity index (χ3v) is 26.4. The average molecular weight is 1280 g/mol. The minimum atomic E-state index is -4.34. The highest BCUT2D eigenvalue weighted by Crippen LogP contribution is 2.71. The quantitative estimate of drug-likeness (QED) is 0.160. The van der Waals surface area contributed by atoms with Crippen molar-refractivity contribution in [3.8, 4) is 72.4 Å². The van der Waals surface area contributed by atoms with E-state index in [-0.39, 0.29) is 0 Å². The molecule has 4 aromatic heterocycles. The van der Waals surface area contributed by atoms with Crippen molar-refractivity contribution >= 4 is 119 Å². The summed E-state index contributed by atoms with van der Waals surface area (Å²) in [7, 11) is -4.34. The average Bonchev–Trinajstić information content (AvgIpc) is 1.47. The first-order chi connectivity index (χ1) is 48.9. The van der Waals surface area contributed by atoms with Crippen molar-refractivity contribution in [2.24, 2.45) is 0 Å². The smallest absolute Gasteiger partial charge is 0.144 e. The zero-order valence-electron chi connectivity index (χ0n) is 53.8. The van der Waals surface area contributed by atoms with Crippen LogP contribution in [0.3, 0.4) is 0 Å². The Bertz CT molecular complexity index is 7040. The number of hydrogen-bond donors (Lipinski definition) is 0. The maximum absolute atomic E-state index is 18.5. The van der Waals surface area contributed by atoms with Crippen molar-refractivity contribution < 1.29 is 13.0 Å². The Morgan fingerprint density at radius 1 is 0.364 bits per heavy atom. The van der Waals surface area contributed by atoms with Gasteiger partial charge in [-0.25, -0.2) is 0 Å². The van der Waals surface area contributed by atoms with E-state index in [1.807, 2.05) is 12.1 Å². The van der Waals surface area contributed by atoms with Gasteiger partial charge in [-0.2, -0.15) is 0 Å². The van der Waals surface area contributed by atoms with Crippen LogP contribution in [0.5, 0.6) is 0 Å². The Morgan fingerprint density at radius 3 is 1.41 bits per heavy atom. The lowest BCUT2D eigenvalue weighted by molar-refractivity contribution is 0.658. The number of aromatic nitrogens is 2. The normalized spacial score (nSPS) is 14.4. The van der Waals surface area contributed by atoms with E-state index in [9.17, 15) is 0 Å². The first-order valence-electron chi connectivity index (χ1n) is 33.8. The number of nitrogens with zero attached hydrogens (tertiary/aromatic N) is 2. The second-order valence-corrected chi connectivity index (χ2v) is 30.1. The molecular formula is C93H58N2O3S. The second kappa shape index (κ2) is 20.5. The third-order valence-electron chi connectivity index (χ3n) is 21.6. The van der Waals surface area contributed by atoms with E-state index in [1.165, 1.54) is 10.8 Å². The second-order valence-electron chi connectivity index (χ2n) is 26.5. The molecule has 0 bridgehead atoms. The molecule has 0 aliphatic carbocycles. The fourth-order valence-corrected chi connectivity index (χ4v) is 22.7. The Morgan fingerprint density at radius 2 is 0.808 bits per heavy atom. The van der Waals surface area contributed by atoms with E-state index in [0.717, 1.165) is 196 Å². The highest BCUT2D eigenvalue weighted by Gasteiger charge is 2.57. The summed E-state index contributed by atoms with van der Waals surface area (Å²) in [6.45, 7) is 6.31. The molecule has 0 fully saturated rings. The van der Waals surface area contributed by atoms with Gasteiger partial charge in [0.2, 0.25) is 0 Å². The maximum atomic E-state index is 18.5. The van der Waals surface area contributed by atoms with E-state index >= 15 is 4.21 Å². The lowest BCUT2D eigenvalue weighted by atomic mass is 9.89. The molecule has 0 N–H and O–H groups in total. The van der Waals surface area contributed by atoms with Crippen LogP contribution in [-0.2, 0) is 9.07 Å². The number of furan rings is 2. The molecule has 99 heavy (non-hydrogen) atoms. The van der Waals surface area contributed by atoms with E-state index in [0.29, 0.717) is 0 Å². The number of allylic oxidation sites excluding steroid dienone is 1. The zero-order valence-corrected chi connectivity index (χ0v) is 54.7. The molecule has 464 valence electrons. The molecule has 0 amide bonds. The van der Waals surface area contributed by atoms with Crippen molar-refractivity contribution in [2.75, 3.05) is 0 Å². The Kier molecular flexibility index (Phi) is 11.5. The van der Waals surface area contributed by atoms with Crippen molar-refractivity contribution in [3.05, 3.63) is 332 Å². The molecule has 0 atom stereocenters. The molecule has 0 saturated carbocycles. The van der Waals surface area contributed by atoms with Gasteiger partial charge >= 0.3 is 0 Å². The Balaban J connectivity index is 0.774. The number of benzene rings is 15. The van der Waals surface area contributed by atoms with Gasteiger partial charge in [0.1, 0.15) is 22.3 Å². The van der Waals surface area contributed by atoms with Gasteiger partial charge in [-0.3, -0.25) is 4.21 Å². The van der Waals surface area contributed by atoms with E-state index in [2.05, 4.69) is 332 Å². The predicted molar refractivity (Wildman–Crippen MR) is 411 cm³/mol. The minimum Gasteiger partial charge on any atom is -0.455 e. The highest BCUT2D eigenvalue weighted by molar-refractivity contribution is 8.21. The molecule has 5 nitrogen and oxygen atoms in total. The molecule has 6 heteroatoms. The van der Waals surface area contributed by atoms with Gasteiger partial charge < -0.3 is 18.0 Å². The van der Waals surface area contributed by atoms with E-state index < -0.39 is 9.07 Å². The lowest BCUT2D eigenvalue weighted by Crippen LogP contribution is -2.30. The zero-order chi connectivity index (χ0) is 65.4. The molecule has 21 rings (SSSR count). The van der Waals surface area contributed by atoms with Crippen molar-refractivity contribution in [1.29, 1.82) is 0 Å². The molecule has 2 aliphatic heterocycles. The van der Waals surface area contributed by atoms with Crippen molar-refractivity contribution in [2.45, 2.75) is 26.5 Å². The van der Waals surface area contributed by atoms with Crippen molar-refractivity contribution in [1.82, 2.24) is 9.13 Å². The molecule has 2 aliphatic rings. The SMILES string of the molecule is C=C/C=c1/cccc/c1=C(/C)n1c2ccccc2c2c(-c3ccccc3-c3ccc4c(c3)-c3ccccc3S43(=O)c4ccccc4-c4cc(-c5ccccc5-c5c6oc7ccccc7c6cc6c5c5ccccc5n6-c5cccc6ccccc56)ccc43)c3oc4ccccc4c3cc21. The molecule has 1 spiro atoms. The van der Waals surface area contributed by atoms with Crippen molar-refractivity contribution in [3.63, 3.8) is 0 Å². The van der Waals surface area contributed by atoms with Gasteiger partial charge in [0.15, 0.2) is 0 Å². The van der Waals surface area contributed by atoms with Gasteiger partial charge in [0.25, 0.3) is 0 Å². The van der Waals surface area contributed by atoms with E-state index in [1.54, 1.807) is 0 Å². The molecular weight excluding hydrogens is 1230 g/mol. The summed E-state index contributed by atoms with van der Waals surface area (Å²) in [6, 6.07) is 111. The molecule has 19 aromatic rings. The standard InChI is InChI=1S/C93H58N2O3S/c1-3-25-57-26-4-6-29-61(57)56(2)94-78-41-18-12-39-71(78)88-80(94)54-75-65-33-14-20-44-82(65)97-92(75)90(88)69-37-10-8-30-62(69)59-48-50-86-73(52-59)67-35-16-22-46-84(67)99(86,96)85-47-23-17-36-68(85)74-53-60(49-51-87(74)99)63-31-9-11-38-70(63)91-89-72-40-13-19-42-79(72)95(77-43-24-28-58-27-5-7-32-64(58)77)81(89)55-76-66-34-15-21-45-83(66)98-93(76)91/h3-55H,1H2,2H3/b57-25-,61-56+. The highest BCUT2D eigenvalue weighted by atomic mass is 32.3. The van der Waals surface area contributed by atoms with Crippen LogP contribution < -0.4 is 10.4 Å². The monoisotopic (exact) mass is 1280 g/mol. The molecule has 0 unspecified atom stereocenters. The topological polar surface area (TPSA) is 53.2 Å². The predicted octanol–water partition coefficient (Wildman–Crippen LogP) is 23.5. The minimum absolute atomic E-state index is 0.820. The number of hydrogen-bond acceptors (Lipinski definition) is 3. The summed E-state index contributed by atoms with van der Waals surface area (Å²) in [5, 5.41) is 13.3. The first kappa shape index (κ1) is 55.7. The van der Waals surface area contributed by atoms with Gasteiger partial charge in [0.05, 0.1) is 27.8 Å². The number of para-hydroxylation sites is 4. The fraction of sp³-hybridized carbons (Fsp3) is 0.0108. The Labute approximate surface area is 569 Å². The maximum Gasteiger partial charge on any atom is 0.144 e. The molecule has 0 saturated heterocycles. The first-order valence-corrected chi connectivity index (χ1v) is 35.8. The van der Waals surface area contributed by atoms with Crippen LogP contribution in [0.25, 0.3) is 182 Å². The summed E-state index contributed by atoms with van der Waals surface area (Å²) in [5.74, 6) is 0. The van der Waals surface area contributed by atoms with Crippen LogP contribution >= 0.6 is 0 Å². The number of rotatable bonds is 7. The molecule has 6 heterocycles. The lowest BCUT2D eigenvalue weighted by Gasteiger charge is -2.38. The fourth-order valence-electron chi connectivity index (χ4n) is 17.5. The van der Waals surface area contributed by atoms with Gasteiger partial charge in [-0.05, 0) is 152 Å². The van der Waals surface area contributed by atoms with Gasteiger partial charge in [0, 0.05) is 99.2 Å². The summed E-state index contributed by atoms with van der Waals surface area (Å²) in [4.78, 5) is 3.30. The van der Waals surface area contributed by atoms with Crippen LogP contribution in [0.1, 0.15) is 6.92 Å². The van der Waals surface area contributed by atoms with Crippen LogP contribution in [0.15, 0.2) is 350 Å². The van der Waals surface area contributed by atoms with Gasteiger partial charge in [-0.1, -0.05) is 249 Å². The summed E-state index contributed by atoms with van der Waals surface area (Å²) >= 11 is 0. The summed E-state index contributed by atoms with van der Waals surface area (Å²) in [5.41, 5.74) is 22.1. The largest absolute Gasteiger partial charge is 0.455 e. The molecule has 15 aromatic carbocycles. The summed E-state index contributed by atoms with van der Waals surface area (Å²) in [6.07, 6.45) is 3.95. The van der Waals surface area contributed by atoms with Crippen LogP contribution in [0.2, 0.25) is 0 Å². The number of fused-ring (bicyclic) bond motifs is 23. The van der Waals surface area contributed by atoms with Gasteiger partial charge in [-0.15, -0.1) is 0 Å². The van der Waals surface area contributed by atoms with Crippen LogP contribution in [0, 0.1) is 0 Å². The Hall–Kier alpha value is -12.6. The molecule has 0 radical (unpaired) electrons. The van der Waals surface area contributed by atoms with Crippen LogP contribution in [-0.4, -0.2) is 13.3 Å². The van der Waals surface area contributed by atoms with Crippen LogP contribution in [0.4, 0.5) is 0 Å². The van der Waals surface area contributed by atoms with E-state index in [4.69, 9.17) is 8.83 Å². The third kappa shape index (κ3) is 7.34. The summed E-state index contributed by atoms with van der Waals surface area (Å²) < 4.78 is 37.7.